The molecule has 8 heteroatoms. The van der Waals surface area contributed by atoms with Crippen LogP contribution in [0.5, 0.6) is 0 Å². The number of rotatable bonds is 2. The van der Waals surface area contributed by atoms with Gasteiger partial charge in [0.25, 0.3) is 0 Å². The molecular formula is C14H16F6N2. The second-order valence-electron chi connectivity index (χ2n) is 5.35. The van der Waals surface area contributed by atoms with Gasteiger partial charge in [-0.1, -0.05) is 6.07 Å². The van der Waals surface area contributed by atoms with Crippen LogP contribution in [0.25, 0.3) is 0 Å². The lowest BCUT2D eigenvalue weighted by Gasteiger charge is -2.35. The average Bonchev–Trinajstić information content (AvgIpc) is 2.45. The molecule has 0 aromatic heterocycles. The highest BCUT2D eigenvalue weighted by molar-refractivity contribution is 5.56. The second kappa shape index (κ2) is 5.98. The Morgan fingerprint density at radius 3 is 2.09 bits per heavy atom. The molecule has 2 rings (SSSR count). The third-order valence-corrected chi connectivity index (χ3v) is 3.93. The Kier molecular flexibility index (Phi) is 4.60. The Bertz CT molecular complexity index is 515. The highest BCUT2D eigenvalue weighted by Gasteiger charge is 2.41. The molecule has 0 spiro atoms. The number of piperidine rings is 1. The molecule has 124 valence electrons. The van der Waals surface area contributed by atoms with E-state index in [1.807, 2.05) is 0 Å². The van der Waals surface area contributed by atoms with Crippen molar-refractivity contribution in [2.24, 2.45) is 11.7 Å². The fraction of sp³-hybridized carbons (Fsp3) is 0.571. The molecule has 1 aromatic carbocycles. The molecule has 2 N–H and O–H groups in total. The first kappa shape index (κ1) is 16.9. The summed E-state index contributed by atoms with van der Waals surface area (Å²) in [5.74, 6) is -1.39. The van der Waals surface area contributed by atoms with Crippen LogP contribution >= 0.6 is 0 Å². The van der Waals surface area contributed by atoms with E-state index in [0.717, 1.165) is 12.1 Å². The minimum atomic E-state index is -4.49. The standard InChI is InChI=1S/C14H16F6N2/c15-13(16,17)10-3-5-22(6-4-10)12-7-11(14(18,19)20)2-1-9(12)8-21/h1-2,7,10H,3-6,8,21H2. The summed E-state index contributed by atoms with van der Waals surface area (Å²) in [5.41, 5.74) is 5.48. The average molecular weight is 326 g/mol. The Balaban J connectivity index is 2.22. The smallest absolute Gasteiger partial charge is 0.371 e. The minimum absolute atomic E-state index is 0.0344. The fourth-order valence-corrected chi connectivity index (χ4v) is 2.65. The molecule has 1 fully saturated rings. The van der Waals surface area contributed by atoms with Gasteiger partial charge in [0.1, 0.15) is 0 Å². The zero-order chi connectivity index (χ0) is 16.5. The third-order valence-electron chi connectivity index (χ3n) is 3.93. The molecule has 1 aliphatic rings. The molecule has 1 aliphatic heterocycles. The Morgan fingerprint density at radius 1 is 1.05 bits per heavy atom. The summed E-state index contributed by atoms with van der Waals surface area (Å²) < 4.78 is 76.3. The largest absolute Gasteiger partial charge is 0.416 e. The van der Waals surface area contributed by atoms with Crippen LogP contribution in [0, 0.1) is 5.92 Å². The summed E-state index contributed by atoms with van der Waals surface area (Å²) in [4.78, 5) is 1.56. The predicted molar refractivity (Wildman–Crippen MR) is 70.3 cm³/mol. The molecule has 0 radical (unpaired) electrons. The molecule has 0 atom stereocenters. The van der Waals surface area contributed by atoms with E-state index < -0.39 is 23.8 Å². The molecule has 1 saturated heterocycles. The normalized spacial score (nSPS) is 17.9. The number of benzene rings is 1. The fourth-order valence-electron chi connectivity index (χ4n) is 2.65. The molecule has 1 aromatic rings. The van der Waals surface area contributed by atoms with Gasteiger partial charge >= 0.3 is 12.4 Å². The first-order valence-electron chi connectivity index (χ1n) is 6.84. The van der Waals surface area contributed by atoms with Crippen molar-refractivity contribution in [2.45, 2.75) is 31.7 Å². The van der Waals surface area contributed by atoms with Crippen LogP contribution in [0.1, 0.15) is 24.0 Å². The first-order valence-corrected chi connectivity index (χ1v) is 6.84. The van der Waals surface area contributed by atoms with Crippen LogP contribution in [0.2, 0.25) is 0 Å². The van der Waals surface area contributed by atoms with Gasteiger partial charge in [0, 0.05) is 25.3 Å². The molecule has 0 bridgehead atoms. The number of alkyl halides is 6. The summed E-state index contributed by atoms with van der Waals surface area (Å²) in [5, 5.41) is 0. The maximum absolute atomic E-state index is 12.8. The summed E-state index contributed by atoms with van der Waals surface area (Å²) in [7, 11) is 0. The Labute approximate surface area is 123 Å². The van der Waals surface area contributed by atoms with Crippen LogP contribution in [0.15, 0.2) is 18.2 Å². The van der Waals surface area contributed by atoms with Crippen molar-refractivity contribution in [1.82, 2.24) is 0 Å². The van der Waals surface area contributed by atoms with Gasteiger partial charge in [0.2, 0.25) is 0 Å². The first-order chi connectivity index (χ1) is 10.1. The maximum Gasteiger partial charge on any atom is 0.416 e. The van der Waals surface area contributed by atoms with Crippen molar-refractivity contribution < 1.29 is 26.3 Å². The van der Waals surface area contributed by atoms with Gasteiger partial charge < -0.3 is 10.6 Å². The van der Waals surface area contributed by atoms with E-state index in [0.29, 0.717) is 5.56 Å². The zero-order valence-corrected chi connectivity index (χ0v) is 11.6. The summed E-state index contributed by atoms with van der Waals surface area (Å²) in [6, 6.07) is 3.19. The van der Waals surface area contributed by atoms with E-state index in [9.17, 15) is 26.3 Å². The summed E-state index contributed by atoms with van der Waals surface area (Å²) in [6.45, 7) is 0.170. The number of nitrogens with zero attached hydrogens (tertiary/aromatic N) is 1. The number of hydrogen-bond donors (Lipinski definition) is 1. The SMILES string of the molecule is NCc1ccc(C(F)(F)F)cc1N1CCC(C(F)(F)F)CC1. The maximum atomic E-state index is 12.8. The Morgan fingerprint density at radius 2 is 1.64 bits per heavy atom. The lowest BCUT2D eigenvalue weighted by atomic mass is 9.95. The minimum Gasteiger partial charge on any atom is -0.371 e. The van der Waals surface area contributed by atoms with Crippen molar-refractivity contribution in [3.8, 4) is 0 Å². The lowest BCUT2D eigenvalue weighted by Crippen LogP contribution is -2.39. The summed E-state index contributed by atoms with van der Waals surface area (Å²) in [6.07, 6.45) is -8.99. The lowest BCUT2D eigenvalue weighted by molar-refractivity contribution is -0.179. The van der Waals surface area contributed by atoms with Crippen molar-refractivity contribution in [1.29, 1.82) is 0 Å². The molecule has 0 saturated carbocycles. The van der Waals surface area contributed by atoms with E-state index in [1.165, 1.54) is 6.07 Å². The highest BCUT2D eigenvalue weighted by atomic mass is 19.4. The quantitative estimate of drug-likeness (QED) is 0.834. The van der Waals surface area contributed by atoms with Crippen molar-refractivity contribution in [2.75, 3.05) is 18.0 Å². The third kappa shape index (κ3) is 3.66. The topological polar surface area (TPSA) is 29.3 Å². The highest BCUT2D eigenvalue weighted by Crippen LogP contribution is 2.38. The Hall–Kier alpha value is -1.44. The van der Waals surface area contributed by atoms with Crippen LogP contribution in [0.3, 0.4) is 0 Å². The van der Waals surface area contributed by atoms with Gasteiger partial charge in [-0.15, -0.1) is 0 Å². The van der Waals surface area contributed by atoms with Crippen molar-refractivity contribution in [3.05, 3.63) is 29.3 Å². The number of halogens is 6. The van der Waals surface area contributed by atoms with Gasteiger partial charge in [-0.05, 0) is 30.5 Å². The molecular weight excluding hydrogens is 310 g/mol. The van der Waals surface area contributed by atoms with Crippen molar-refractivity contribution >= 4 is 5.69 Å². The van der Waals surface area contributed by atoms with Crippen LogP contribution in [0.4, 0.5) is 32.0 Å². The number of anilines is 1. The van der Waals surface area contributed by atoms with Crippen LogP contribution < -0.4 is 10.6 Å². The van der Waals surface area contributed by atoms with E-state index in [-0.39, 0.29) is 38.2 Å². The van der Waals surface area contributed by atoms with Gasteiger partial charge in [-0.2, -0.15) is 26.3 Å². The number of nitrogens with two attached hydrogens (primary N) is 1. The molecule has 22 heavy (non-hydrogen) atoms. The van der Waals surface area contributed by atoms with Gasteiger partial charge in [-0.25, -0.2) is 0 Å². The van der Waals surface area contributed by atoms with E-state index in [4.69, 9.17) is 5.73 Å². The molecule has 0 amide bonds. The zero-order valence-electron chi connectivity index (χ0n) is 11.6. The summed E-state index contributed by atoms with van der Waals surface area (Å²) >= 11 is 0. The van der Waals surface area contributed by atoms with Gasteiger partial charge in [0.05, 0.1) is 11.5 Å². The molecule has 0 unspecified atom stereocenters. The van der Waals surface area contributed by atoms with E-state index in [1.54, 1.807) is 4.90 Å². The van der Waals surface area contributed by atoms with Crippen LogP contribution in [-0.2, 0) is 12.7 Å². The van der Waals surface area contributed by atoms with E-state index in [2.05, 4.69) is 0 Å². The van der Waals surface area contributed by atoms with Gasteiger partial charge in [-0.3, -0.25) is 0 Å². The van der Waals surface area contributed by atoms with Crippen molar-refractivity contribution in [3.63, 3.8) is 0 Å². The second-order valence-corrected chi connectivity index (χ2v) is 5.35. The molecule has 2 nitrogen and oxygen atoms in total. The predicted octanol–water partition coefficient (Wildman–Crippen LogP) is 3.94. The monoisotopic (exact) mass is 326 g/mol. The number of hydrogen-bond acceptors (Lipinski definition) is 2. The van der Waals surface area contributed by atoms with E-state index >= 15 is 0 Å². The van der Waals surface area contributed by atoms with Gasteiger partial charge in [0.15, 0.2) is 0 Å². The molecule has 1 heterocycles. The van der Waals surface area contributed by atoms with Crippen LogP contribution in [-0.4, -0.2) is 19.3 Å². The molecule has 0 aliphatic carbocycles.